The fourth-order valence-corrected chi connectivity index (χ4v) is 8.59. The Morgan fingerprint density at radius 1 is 0.408 bits per heavy atom. The molecule has 0 saturated heterocycles. The zero-order chi connectivity index (χ0) is 55.5. The van der Waals surface area contributed by atoms with Crippen LogP contribution in [0.5, 0.6) is 0 Å². The molecule has 0 aromatic heterocycles. The Hall–Kier alpha value is -3.53. The van der Waals surface area contributed by atoms with Gasteiger partial charge in [-0.3, -0.25) is 9.59 Å². The number of carboxylic acids is 1. The van der Waals surface area contributed by atoms with E-state index < -0.39 is 24.3 Å². The molecule has 76 heavy (non-hydrogen) atoms. The molecule has 2 unspecified atom stereocenters. The van der Waals surface area contributed by atoms with Crippen molar-refractivity contribution in [2.75, 3.05) is 47.5 Å². The van der Waals surface area contributed by atoms with Crippen molar-refractivity contribution in [2.24, 2.45) is 0 Å². The van der Waals surface area contributed by atoms with Gasteiger partial charge in [-0.05, 0) is 89.9 Å². The van der Waals surface area contributed by atoms with Crippen LogP contribution in [0.15, 0.2) is 85.1 Å². The fraction of sp³-hybridized carbons (Fsp3) is 0.746. The van der Waals surface area contributed by atoms with Crippen LogP contribution < -0.4 is 5.11 Å². The Morgan fingerprint density at radius 3 is 1.13 bits per heavy atom. The van der Waals surface area contributed by atoms with Gasteiger partial charge < -0.3 is 33.3 Å². The Kier molecular flexibility index (Phi) is 55.0. The monoisotopic (exact) mass is 1060 g/mol. The van der Waals surface area contributed by atoms with Gasteiger partial charge in [-0.1, -0.05) is 247 Å². The van der Waals surface area contributed by atoms with E-state index in [0.29, 0.717) is 17.4 Å². The molecule has 9 heteroatoms. The molecule has 0 aliphatic heterocycles. The minimum absolute atomic E-state index is 0.145. The first kappa shape index (κ1) is 72.5. The molecule has 0 bridgehead atoms. The molecule has 2 atom stereocenters. The molecule has 0 aliphatic carbocycles. The summed E-state index contributed by atoms with van der Waals surface area (Å²) in [5.74, 6) is -2.29. The number of unbranched alkanes of at least 4 members (excludes halogenated alkanes) is 28. The predicted octanol–water partition coefficient (Wildman–Crippen LogP) is 17.4. The molecular formula is C67H117NO8. The molecule has 9 nitrogen and oxygen atoms in total. The number of hydrogen-bond donors (Lipinski definition) is 0. The highest BCUT2D eigenvalue weighted by Crippen LogP contribution is 2.16. The molecule has 0 N–H and O–H groups in total. The van der Waals surface area contributed by atoms with Crippen molar-refractivity contribution >= 4 is 17.9 Å². The first-order valence-electron chi connectivity index (χ1n) is 31.2. The Labute approximate surface area is 468 Å². The molecule has 0 radical (unpaired) electrons. The van der Waals surface area contributed by atoms with Crippen LogP contribution in [0, 0.1) is 0 Å². The van der Waals surface area contributed by atoms with Crippen LogP contribution in [0.25, 0.3) is 0 Å². The number of nitrogens with zero attached hydrogens (tertiary/aromatic N) is 1. The molecule has 438 valence electrons. The van der Waals surface area contributed by atoms with Crippen molar-refractivity contribution < 1.29 is 42.9 Å². The third kappa shape index (κ3) is 58.2. The number of carbonyl (C=O) groups is 3. The van der Waals surface area contributed by atoms with Crippen molar-refractivity contribution in [2.45, 2.75) is 277 Å². The maximum atomic E-state index is 12.9. The maximum absolute atomic E-state index is 12.9. The second kappa shape index (κ2) is 57.6. The summed E-state index contributed by atoms with van der Waals surface area (Å²) in [6.07, 6.45) is 73.7. The van der Waals surface area contributed by atoms with Crippen LogP contribution in [0.4, 0.5) is 0 Å². The number of likely N-dealkylation sites (N-methyl/N-ethyl adjacent to an activating group) is 1. The van der Waals surface area contributed by atoms with Gasteiger partial charge >= 0.3 is 11.9 Å². The first-order valence-corrected chi connectivity index (χ1v) is 31.2. The van der Waals surface area contributed by atoms with Crippen LogP contribution in [-0.2, 0) is 33.3 Å². The van der Waals surface area contributed by atoms with Crippen LogP contribution in [0.2, 0.25) is 0 Å². The van der Waals surface area contributed by atoms with Gasteiger partial charge in [0.05, 0.1) is 40.3 Å². The largest absolute Gasteiger partial charge is 0.545 e. The van der Waals surface area contributed by atoms with Gasteiger partial charge in [-0.2, -0.15) is 0 Å². The minimum atomic E-state index is -1.62. The first-order chi connectivity index (χ1) is 37.1. The molecule has 0 saturated carbocycles. The van der Waals surface area contributed by atoms with Crippen LogP contribution in [0.3, 0.4) is 0 Å². The summed E-state index contributed by atoms with van der Waals surface area (Å²) in [7, 11) is 5.92. The number of quaternary nitrogens is 1. The van der Waals surface area contributed by atoms with Gasteiger partial charge in [0.1, 0.15) is 13.2 Å². The van der Waals surface area contributed by atoms with Crippen LogP contribution in [0.1, 0.15) is 264 Å². The average molecular weight is 1060 g/mol. The molecular weight excluding hydrogens is 947 g/mol. The molecule has 0 amide bonds. The number of esters is 2. The molecule has 0 heterocycles. The Morgan fingerprint density at radius 2 is 0.750 bits per heavy atom. The third-order valence-corrected chi connectivity index (χ3v) is 13.4. The van der Waals surface area contributed by atoms with E-state index in [1.807, 2.05) is 21.1 Å². The summed E-state index contributed by atoms with van der Waals surface area (Å²) in [5, 5.41) is 11.8. The fourth-order valence-electron chi connectivity index (χ4n) is 8.59. The lowest BCUT2D eigenvalue weighted by atomic mass is 10.0. The second-order valence-corrected chi connectivity index (χ2v) is 22.0. The summed E-state index contributed by atoms with van der Waals surface area (Å²) in [4.78, 5) is 37.3. The van der Waals surface area contributed by atoms with E-state index in [9.17, 15) is 19.5 Å². The van der Waals surface area contributed by atoms with E-state index in [1.54, 1.807) is 0 Å². The molecule has 0 rings (SSSR count). The van der Waals surface area contributed by atoms with Gasteiger partial charge in [-0.25, -0.2) is 0 Å². The highest BCUT2D eigenvalue weighted by atomic mass is 16.7. The predicted molar refractivity (Wildman–Crippen MR) is 320 cm³/mol. The van der Waals surface area contributed by atoms with Crippen molar-refractivity contribution in [3.8, 4) is 0 Å². The standard InChI is InChI=1S/C67H117NO8/c1-6-8-10-12-14-16-18-20-22-23-24-25-26-27-28-29-30-31-32-33-34-35-36-37-38-39-40-41-42-43-44-46-48-50-52-54-56-58-65(70)76-63(62-75-67(66(71)72)73-60-59-68(3,4)5)61-74-64(69)57-55-53-51-49-47-45-21-19-17-15-13-11-9-7-2/h8,10,14,16,19-22,24-25,27-28,30-31,63,67H,6-7,9,11-13,15,17-18,23,26,29,32-62H2,1-5H3/b10-8-,16-14-,21-19-,22-20-,25-24-,28-27-,31-30-. The van der Waals surface area contributed by atoms with Gasteiger partial charge in [0, 0.05) is 12.8 Å². The normalized spacial score (nSPS) is 13.3. The van der Waals surface area contributed by atoms with Crippen molar-refractivity contribution in [1.29, 1.82) is 0 Å². The smallest absolute Gasteiger partial charge is 0.306 e. The zero-order valence-corrected chi connectivity index (χ0v) is 49.9. The number of ether oxygens (including phenoxy) is 4. The molecule has 0 aromatic rings. The van der Waals surface area contributed by atoms with E-state index in [1.165, 1.54) is 141 Å². The Bertz CT molecular complexity index is 1520. The average Bonchev–Trinajstić information content (AvgIpc) is 3.39. The zero-order valence-electron chi connectivity index (χ0n) is 49.9. The number of rotatable bonds is 57. The topological polar surface area (TPSA) is 111 Å². The van der Waals surface area contributed by atoms with Crippen molar-refractivity contribution in [1.82, 2.24) is 0 Å². The lowest BCUT2D eigenvalue weighted by Gasteiger charge is -2.26. The lowest BCUT2D eigenvalue weighted by Crippen LogP contribution is -2.44. The summed E-state index contributed by atoms with van der Waals surface area (Å²) in [6.45, 7) is 4.63. The lowest BCUT2D eigenvalue weighted by molar-refractivity contribution is -0.870. The van der Waals surface area contributed by atoms with Crippen molar-refractivity contribution in [3.05, 3.63) is 85.1 Å². The van der Waals surface area contributed by atoms with E-state index in [-0.39, 0.29) is 38.6 Å². The number of carboxylic acid groups (broad SMARTS) is 1. The third-order valence-electron chi connectivity index (χ3n) is 13.4. The quantitative estimate of drug-likeness (QED) is 0.0195. The second-order valence-electron chi connectivity index (χ2n) is 22.0. The summed E-state index contributed by atoms with van der Waals surface area (Å²) in [5.41, 5.74) is 0. The van der Waals surface area contributed by atoms with Gasteiger partial charge in [0.25, 0.3) is 0 Å². The van der Waals surface area contributed by atoms with E-state index in [2.05, 4.69) is 98.9 Å². The van der Waals surface area contributed by atoms with E-state index in [4.69, 9.17) is 18.9 Å². The number of aliphatic carboxylic acids is 1. The number of hydrogen-bond acceptors (Lipinski definition) is 8. The highest BCUT2D eigenvalue weighted by Gasteiger charge is 2.22. The van der Waals surface area contributed by atoms with Gasteiger partial charge in [-0.15, -0.1) is 0 Å². The molecule has 0 aliphatic rings. The summed E-state index contributed by atoms with van der Waals surface area (Å²) < 4.78 is 22.7. The van der Waals surface area contributed by atoms with Gasteiger partial charge in [0.2, 0.25) is 0 Å². The van der Waals surface area contributed by atoms with Crippen molar-refractivity contribution in [3.63, 3.8) is 0 Å². The van der Waals surface area contributed by atoms with E-state index in [0.717, 1.165) is 89.9 Å². The molecule has 0 aromatic carbocycles. The van der Waals surface area contributed by atoms with Crippen LogP contribution in [-0.4, -0.2) is 82.3 Å². The minimum Gasteiger partial charge on any atom is -0.545 e. The van der Waals surface area contributed by atoms with E-state index >= 15 is 0 Å². The number of allylic oxidation sites excluding steroid dienone is 14. The molecule has 0 spiro atoms. The molecule has 0 fully saturated rings. The van der Waals surface area contributed by atoms with Gasteiger partial charge in [0.15, 0.2) is 12.4 Å². The van der Waals surface area contributed by atoms with Crippen LogP contribution >= 0.6 is 0 Å². The highest BCUT2D eigenvalue weighted by molar-refractivity contribution is 5.70. The summed E-state index contributed by atoms with van der Waals surface area (Å²) in [6, 6.07) is 0. The SMILES string of the molecule is CC/C=C\C/C=C\C/C=C\C/C=C\C/C=C\C/C=C\CCCCCCCCCCCCCCCCCCCCC(=O)OC(COC(=O)CCCCCCC/C=C\CCCCCCC)COC(OCC[N+](C)(C)C)C(=O)[O-]. The Balaban J connectivity index is 4.05. The summed E-state index contributed by atoms with van der Waals surface area (Å²) >= 11 is 0. The number of carbonyl (C=O) groups excluding carboxylic acids is 3. The maximum Gasteiger partial charge on any atom is 0.306 e.